The standard InChI is InChI=1S/C23H27NO6/c1-2-13-5-8-18-16(9-13)17(11-24(18)10-14-3-6-15(26)7-4-14)23-22(29)21(28)20(27)19(12-25)30-23/h3-9,11,19-23,25-29H,2,10,12H2,1H3/t19-,20-,21+,22-,23+/m1/s1. The van der Waals surface area contributed by atoms with Crippen molar-refractivity contribution in [2.24, 2.45) is 0 Å². The van der Waals surface area contributed by atoms with Crippen LogP contribution in [-0.2, 0) is 17.7 Å². The van der Waals surface area contributed by atoms with E-state index in [2.05, 4.69) is 6.92 Å². The molecule has 0 amide bonds. The molecule has 1 fully saturated rings. The summed E-state index contributed by atoms with van der Waals surface area (Å²) < 4.78 is 7.85. The van der Waals surface area contributed by atoms with Crippen LogP contribution in [0.5, 0.6) is 5.75 Å². The van der Waals surface area contributed by atoms with Gasteiger partial charge in [0.15, 0.2) is 0 Å². The summed E-state index contributed by atoms with van der Waals surface area (Å²) in [5.74, 6) is 0.200. The first-order valence-corrected chi connectivity index (χ1v) is 10.1. The number of benzene rings is 2. The Hall–Kier alpha value is -2.42. The molecule has 4 rings (SSSR count). The predicted molar refractivity (Wildman–Crippen MR) is 111 cm³/mol. The highest BCUT2D eigenvalue weighted by Gasteiger charge is 2.44. The molecule has 0 radical (unpaired) electrons. The fraction of sp³-hybridized carbons (Fsp3) is 0.391. The first-order valence-electron chi connectivity index (χ1n) is 10.1. The summed E-state index contributed by atoms with van der Waals surface area (Å²) in [6, 6.07) is 13.1. The molecule has 2 aromatic carbocycles. The van der Waals surface area contributed by atoms with Gasteiger partial charge in [-0.15, -0.1) is 0 Å². The molecule has 1 saturated heterocycles. The lowest BCUT2D eigenvalue weighted by Gasteiger charge is -2.40. The molecule has 7 nitrogen and oxygen atoms in total. The minimum atomic E-state index is -1.43. The zero-order chi connectivity index (χ0) is 21.4. The summed E-state index contributed by atoms with van der Waals surface area (Å²) in [5.41, 5.74) is 3.74. The van der Waals surface area contributed by atoms with Crippen LogP contribution in [0.2, 0.25) is 0 Å². The first kappa shape index (κ1) is 20.8. The number of aryl methyl sites for hydroxylation is 1. The Morgan fingerprint density at radius 2 is 1.63 bits per heavy atom. The summed E-state index contributed by atoms with van der Waals surface area (Å²) in [6.45, 7) is 2.13. The van der Waals surface area contributed by atoms with Gasteiger partial charge in [0, 0.05) is 29.2 Å². The van der Waals surface area contributed by atoms with Crippen LogP contribution in [0.25, 0.3) is 10.9 Å². The number of aromatic hydroxyl groups is 1. The molecular formula is C23H27NO6. The fourth-order valence-electron chi connectivity index (χ4n) is 4.11. The van der Waals surface area contributed by atoms with E-state index in [1.54, 1.807) is 12.1 Å². The Morgan fingerprint density at radius 3 is 2.30 bits per heavy atom. The van der Waals surface area contributed by atoms with Crippen molar-refractivity contribution in [1.29, 1.82) is 0 Å². The van der Waals surface area contributed by atoms with Crippen molar-refractivity contribution in [2.45, 2.75) is 50.4 Å². The number of ether oxygens (including phenoxy) is 1. The molecule has 0 spiro atoms. The second kappa shape index (κ2) is 8.37. The second-order valence-electron chi connectivity index (χ2n) is 7.83. The first-order chi connectivity index (χ1) is 14.4. The van der Waals surface area contributed by atoms with Gasteiger partial charge in [0.25, 0.3) is 0 Å². The lowest BCUT2D eigenvalue weighted by molar-refractivity contribution is -0.231. The maximum Gasteiger partial charge on any atom is 0.115 e. The number of rotatable bonds is 5. The Labute approximate surface area is 174 Å². The lowest BCUT2D eigenvalue weighted by atomic mass is 9.91. The highest BCUT2D eigenvalue weighted by molar-refractivity contribution is 5.85. The Balaban J connectivity index is 1.79. The molecule has 0 bridgehead atoms. The molecular weight excluding hydrogens is 386 g/mol. The number of nitrogens with zero attached hydrogens (tertiary/aromatic N) is 1. The molecule has 2 heterocycles. The number of phenols is 1. The van der Waals surface area contributed by atoms with Crippen molar-refractivity contribution in [2.75, 3.05) is 6.61 Å². The predicted octanol–water partition coefficient (Wildman–Crippen LogP) is 1.47. The van der Waals surface area contributed by atoms with Gasteiger partial charge in [-0.2, -0.15) is 0 Å². The monoisotopic (exact) mass is 413 g/mol. The average molecular weight is 413 g/mol. The van der Waals surface area contributed by atoms with Crippen LogP contribution in [0.3, 0.4) is 0 Å². The maximum atomic E-state index is 10.6. The van der Waals surface area contributed by atoms with E-state index in [0.717, 1.165) is 28.5 Å². The quantitative estimate of drug-likeness (QED) is 0.433. The van der Waals surface area contributed by atoms with Crippen molar-refractivity contribution < 1.29 is 30.3 Å². The van der Waals surface area contributed by atoms with Gasteiger partial charge in [-0.1, -0.05) is 25.1 Å². The SMILES string of the molecule is CCc1ccc2c(c1)c([C@@H]1O[C@H](CO)[C@@H](O)[C@H](O)[C@H]1O)cn2Cc1ccc(O)cc1. The summed E-state index contributed by atoms with van der Waals surface area (Å²) in [7, 11) is 0. The zero-order valence-corrected chi connectivity index (χ0v) is 16.7. The molecule has 0 aliphatic carbocycles. The van der Waals surface area contributed by atoms with E-state index in [1.807, 2.05) is 41.1 Å². The molecule has 5 atom stereocenters. The Morgan fingerprint density at radius 1 is 0.933 bits per heavy atom. The van der Waals surface area contributed by atoms with E-state index < -0.39 is 37.1 Å². The minimum absolute atomic E-state index is 0.200. The summed E-state index contributed by atoms with van der Waals surface area (Å²) >= 11 is 0. The summed E-state index contributed by atoms with van der Waals surface area (Å²) in [6.07, 6.45) is -3.28. The van der Waals surface area contributed by atoms with Gasteiger partial charge in [0.05, 0.1) is 6.61 Å². The van der Waals surface area contributed by atoms with Crippen molar-refractivity contribution >= 4 is 10.9 Å². The van der Waals surface area contributed by atoms with Crippen LogP contribution < -0.4 is 0 Å². The van der Waals surface area contributed by atoms with Crippen molar-refractivity contribution in [3.05, 3.63) is 65.4 Å². The van der Waals surface area contributed by atoms with E-state index >= 15 is 0 Å². The third kappa shape index (κ3) is 3.71. The van der Waals surface area contributed by atoms with Crippen molar-refractivity contribution in [3.8, 4) is 5.75 Å². The smallest absolute Gasteiger partial charge is 0.115 e. The number of fused-ring (bicyclic) bond motifs is 1. The molecule has 1 aliphatic rings. The van der Waals surface area contributed by atoms with Gasteiger partial charge in [-0.3, -0.25) is 0 Å². The highest BCUT2D eigenvalue weighted by Crippen LogP contribution is 2.37. The third-order valence-electron chi connectivity index (χ3n) is 5.87. The minimum Gasteiger partial charge on any atom is -0.508 e. The van der Waals surface area contributed by atoms with Crippen LogP contribution in [0, 0.1) is 0 Å². The van der Waals surface area contributed by atoms with E-state index in [9.17, 15) is 25.5 Å². The number of phenolic OH excluding ortho intramolecular Hbond substituents is 1. The molecule has 5 N–H and O–H groups in total. The topological polar surface area (TPSA) is 115 Å². The largest absolute Gasteiger partial charge is 0.508 e. The lowest BCUT2D eigenvalue weighted by Crippen LogP contribution is -2.55. The number of aliphatic hydroxyl groups is 4. The van der Waals surface area contributed by atoms with Crippen LogP contribution in [0.4, 0.5) is 0 Å². The average Bonchev–Trinajstić information content (AvgIpc) is 3.11. The van der Waals surface area contributed by atoms with E-state index in [-0.39, 0.29) is 5.75 Å². The molecule has 1 aliphatic heterocycles. The second-order valence-corrected chi connectivity index (χ2v) is 7.83. The number of aliphatic hydroxyl groups excluding tert-OH is 4. The molecule has 30 heavy (non-hydrogen) atoms. The van der Waals surface area contributed by atoms with Crippen LogP contribution in [0.1, 0.15) is 29.7 Å². The molecule has 160 valence electrons. The molecule has 0 unspecified atom stereocenters. The van der Waals surface area contributed by atoms with Gasteiger partial charge < -0.3 is 34.8 Å². The van der Waals surface area contributed by atoms with Crippen LogP contribution in [-0.4, -0.2) is 61.1 Å². The van der Waals surface area contributed by atoms with Gasteiger partial charge >= 0.3 is 0 Å². The summed E-state index contributed by atoms with van der Waals surface area (Å²) in [4.78, 5) is 0. The van der Waals surface area contributed by atoms with Crippen molar-refractivity contribution in [3.63, 3.8) is 0 Å². The molecule has 1 aromatic heterocycles. The maximum absolute atomic E-state index is 10.6. The van der Waals surface area contributed by atoms with Crippen molar-refractivity contribution in [1.82, 2.24) is 4.57 Å². The van der Waals surface area contributed by atoms with Crippen LogP contribution >= 0.6 is 0 Å². The number of hydrogen-bond acceptors (Lipinski definition) is 6. The molecule has 0 saturated carbocycles. The van der Waals surface area contributed by atoms with Gasteiger partial charge in [-0.25, -0.2) is 0 Å². The van der Waals surface area contributed by atoms with E-state index in [1.165, 1.54) is 0 Å². The Bertz CT molecular complexity index is 1010. The van der Waals surface area contributed by atoms with Gasteiger partial charge in [0.1, 0.15) is 36.3 Å². The Kier molecular flexibility index (Phi) is 5.81. The van der Waals surface area contributed by atoms with Gasteiger partial charge in [0.2, 0.25) is 0 Å². The van der Waals surface area contributed by atoms with Gasteiger partial charge in [-0.05, 0) is 41.8 Å². The highest BCUT2D eigenvalue weighted by atomic mass is 16.5. The van der Waals surface area contributed by atoms with Crippen LogP contribution in [0.15, 0.2) is 48.7 Å². The molecule has 7 heteroatoms. The third-order valence-corrected chi connectivity index (χ3v) is 5.87. The normalized spacial score (nSPS) is 26.9. The van der Waals surface area contributed by atoms with E-state index in [4.69, 9.17) is 4.74 Å². The van der Waals surface area contributed by atoms with E-state index in [0.29, 0.717) is 12.1 Å². The fourth-order valence-corrected chi connectivity index (χ4v) is 4.11. The summed E-state index contributed by atoms with van der Waals surface area (Å²) in [5, 5.41) is 51.0. The number of aromatic nitrogens is 1. The number of hydrogen-bond donors (Lipinski definition) is 5. The molecule has 3 aromatic rings. The zero-order valence-electron chi connectivity index (χ0n) is 16.7.